The third-order valence-corrected chi connectivity index (χ3v) is 2.59. The lowest BCUT2D eigenvalue weighted by atomic mass is 10.5. The van der Waals surface area contributed by atoms with Crippen LogP contribution in [0.25, 0.3) is 0 Å². The van der Waals surface area contributed by atoms with E-state index in [1.165, 1.54) is 0 Å². The van der Waals surface area contributed by atoms with Crippen LogP contribution in [0.4, 0.5) is 0 Å². The summed E-state index contributed by atoms with van der Waals surface area (Å²) < 4.78 is 9.64. The standard InChI is InChI=1S/C12H18N4O/c1-3-5-16-8-12(7-14-16)17-9-11-6-13-10-15(11)4-2/h6-8,10H,3-5,9H2,1-2H3. The molecule has 0 saturated carbocycles. The number of rotatable bonds is 6. The molecule has 2 aromatic rings. The van der Waals surface area contributed by atoms with Gasteiger partial charge in [-0.15, -0.1) is 0 Å². The van der Waals surface area contributed by atoms with Crippen molar-refractivity contribution in [3.05, 3.63) is 30.6 Å². The molecule has 0 radical (unpaired) electrons. The van der Waals surface area contributed by atoms with Crippen molar-refractivity contribution in [1.82, 2.24) is 19.3 Å². The monoisotopic (exact) mass is 234 g/mol. The van der Waals surface area contributed by atoms with Gasteiger partial charge < -0.3 is 9.30 Å². The maximum absolute atomic E-state index is 5.68. The summed E-state index contributed by atoms with van der Waals surface area (Å²) in [6.07, 6.45) is 8.40. The van der Waals surface area contributed by atoms with Gasteiger partial charge in [-0.05, 0) is 13.3 Å². The average molecular weight is 234 g/mol. The highest BCUT2D eigenvalue weighted by Crippen LogP contribution is 2.11. The van der Waals surface area contributed by atoms with Crippen LogP contribution in [0, 0.1) is 0 Å². The average Bonchev–Trinajstić information content (AvgIpc) is 2.95. The highest BCUT2D eigenvalue weighted by molar-refractivity contribution is 5.12. The molecule has 0 fully saturated rings. The highest BCUT2D eigenvalue weighted by Gasteiger charge is 2.03. The Morgan fingerprint density at radius 1 is 1.29 bits per heavy atom. The summed E-state index contributed by atoms with van der Waals surface area (Å²) in [5.74, 6) is 0.808. The SMILES string of the molecule is CCCn1cc(OCc2cncn2CC)cn1. The molecule has 2 rings (SSSR count). The van der Waals surface area contributed by atoms with E-state index < -0.39 is 0 Å². The largest absolute Gasteiger partial charge is 0.484 e. The van der Waals surface area contributed by atoms with Crippen LogP contribution >= 0.6 is 0 Å². The van der Waals surface area contributed by atoms with E-state index in [1.807, 2.05) is 23.4 Å². The Hall–Kier alpha value is -1.78. The van der Waals surface area contributed by atoms with Gasteiger partial charge in [0.25, 0.3) is 0 Å². The summed E-state index contributed by atoms with van der Waals surface area (Å²) in [5, 5.41) is 4.22. The van der Waals surface area contributed by atoms with Crippen LogP contribution in [0.5, 0.6) is 5.75 Å². The van der Waals surface area contributed by atoms with Crippen LogP contribution in [0.1, 0.15) is 26.0 Å². The Bertz CT molecular complexity index is 461. The van der Waals surface area contributed by atoms with Gasteiger partial charge >= 0.3 is 0 Å². The molecule has 0 aliphatic carbocycles. The van der Waals surface area contributed by atoms with Gasteiger partial charge in [-0.3, -0.25) is 4.68 Å². The molecule has 92 valence electrons. The molecule has 0 atom stereocenters. The second kappa shape index (κ2) is 5.52. The maximum atomic E-state index is 5.68. The number of aromatic nitrogens is 4. The summed E-state index contributed by atoms with van der Waals surface area (Å²) in [7, 11) is 0. The van der Waals surface area contributed by atoms with Gasteiger partial charge in [0, 0.05) is 13.1 Å². The first-order chi connectivity index (χ1) is 8.33. The van der Waals surface area contributed by atoms with Crippen molar-refractivity contribution in [3.8, 4) is 5.75 Å². The molecule has 5 heteroatoms. The lowest BCUT2D eigenvalue weighted by Crippen LogP contribution is -2.03. The van der Waals surface area contributed by atoms with E-state index in [-0.39, 0.29) is 0 Å². The topological polar surface area (TPSA) is 44.9 Å². The Morgan fingerprint density at radius 3 is 2.94 bits per heavy atom. The van der Waals surface area contributed by atoms with Crippen LogP contribution in [0.2, 0.25) is 0 Å². The van der Waals surface area contributed by atoms with Crippen molar-refractivity contribution in [2.45, 2.75) is 40.0 Å². The van der Waals surface area contributed by atoms with Crippen molar-refractivity contribution in [2.24, 2.45) is 0 Å². The zero-order chi connectivity index (χ0) is 12.1. The van der Waals surface area contributed by atoms with Crippen LogP contribution < -0.4 is 4.74 Å². The zero-order valence-corrected chi connectivity index (χ0v) is 10.3. The van der Waals surface area contributed by atoms with E-state index in [9.17, 15) is 0 Å². The Balaban J connectivity index is 1.93. The number of nitrogens with zero attached hydrogens (tertiary/aromatic N) is 4. The predicted molar refractivity (Wildman–Crippen MR) is 64.8 cm³/mol. The summed E-state index contributed by atoms with van der Waals surface area (Å²) in [5.41, 5.74) is 1.08. The molecule has 0 aliphatic heterocycles. The van der Waals surface area contributed by atoms with E-state index in [0.717, 1.165) is 31.0 Å². The summed E-state index contributed by atoms with van der Waals surface area (Å²) in [6, 6.07) is 0. The number of ether oxygens (including phenoxy) is 1. The van der Waals surface area contributed by atoms with Crippen molar-refractivity contribution in [2.75, 3.05) is 0 Å². The summed E-state index contributed by atoms with van der Waals surface area (Å²) >= 11 is 0. The molecule has 5 nitrogen and oxygen atoms in total. The quantitative estimate of drug-likeness (QED) is 0.768. The lowest BCUT2D eigenvalue weighted by molar-refractivity contribution is 0.295. The Kier molecular flexibility index (Phi) is 3.80. The van der Waals surface area contributed by atoms with Crippen LogP contribution in [0.3, 0.4) is 0 Å². The van der Waals surface area contributed by atoms with Gasteiger partial charge in [0.05, 0.1) is 30.6 Å². The number of hydrogen-bond acceptors (Lipinski definition) is 3. The van der Waals surface area contributed by atoms with E-state index in [2.05, 4.69) is 28.5 Å². The lowest BCUT2D eigenvalue weighted by Gasteiger charge is -2.05. The highest BCUT2D eigenvalue weighted by atomic mass is 16.5. The van der Waals surface area contributed by atoms with Gasteiger partial charge in [-0.2, -0.15) is 5.10 Å². The fourth-order valence-corrected chi connectivity index (χ4v) is 1.68. The molecule has 0 N–H and O–H groups in total. The molecule has 0 aromatic carbocycles. The van der Waals surface area contributed by atoms with Crippen LogP contribution in [-0.2, 0) is 19.7 Å². The molecule has 0 bridgehead atoms. The van der Waals surface area contributed by atoms with Crippen LogP contribution in [0.15, 0.2) is 24.9 Å². The molecular formula is C12H18N4O. The minimum Gasteiger partial charge on any atom is -0.484 e. The van der Waals surface area contributed by atoms with Gasteiger partial charge in [-0.1, -0.05) is 6.92 Å². The van der Waals surface area contributed by atoms with Crippen molar-refractivity contribution >= 4 is 0 Å². The fraction of sp³-hybridized carbons (Fsp3) is 0.500. The van der Waals surface area contributed by atoms with E-state index in [1.54, 1.807) is 6.20 Å². The molecule has 0 unspecified atom stereocenters. The van der Waals surface area contributed by atoms with Gasteiger partial charge in [0.15, 0.2) is 5.75 Å². The zero-order valence-electron chi connectivity index (χ0n) is 10.3. The van der Waals surface area contributed by atoms with E-state index in [0.29, 0.717) is 6.61 Å². The van der Waals surface area contributed by atoms with Crippen molar-refractivity contribution in [3.63, 3.8) is 0 Å². The minimum absolute atomic E-state index is 0.533. The molecule has 0 saturated heterocycles. The van der Waals surface area contributed by atoms with E-state index in [4.69, 9.17) is 4.74 Å². The number of hydrogen-bond donors (Lipinski definition) is 0. The smallest absolute Gasteiger partial charge is 0.157 e. The first kappa shape index (κ1) is 11.7. The third kappa shape index (κ3) is 2.87. The summed E-state index contributed by atoms with van der Waals surface area (Å²) in [4.78, 5) is 4.10. The molecule has 17 heavy (non-hydrogen) atoms. The normalized spacial score (nSPS) is 10.7. The molecular weight excluding hydrogens is 216 g/mol. The Labute approximate surface area is 101 Å². The first-order valence-corrected chi connectivity index (χ1v) is 5.97. The molecule has 0 amide bonds. The van der Waals surface area contributed by atoms with E-state index >= 15 is 0 Å². The van der Waals surface area contributed by atoms with Gasteiger partial charge in [0.2, 0.25) is 0 Å². The second-order valence-electron chi connectivity index (χ2n) is 3.90. The predicted octanol–water partition coefficient (Wildman–Crippen LogP) is 2.09. The molecule has 2 aromatic heterocycles. The molecule has 0 spiro atoms. The van der Waals surface area contributed by atoms with Crippen molar-refractivity contribution < 1.29 is 4.74 Å². The van der Waals surface area contributed by atoms with Gasteiger partial charge in [0.1, 0.15) is 6.61 Å². The van der Waals surface area contributed by atoms with Gasteiger partial charge in [-0.25, -0.2) is 4.98 Å². The minimum atomic E-state index is 0.533. The molecule has 0 aliphatic rings. The number of aryl methyl sites for hydroxylation is 2. The number of imidazole rings is 1. The third-order valence-electron chi connectivity index (χ3n) is 2.59. The second-order valence-corrected chi connectivity index (χ2v) is 3.90. The summed E-state index contributed by atoms with van der Waals surface area (Å²) in [6.45, 7) is 6.59. The Morgan fingerprint density at radius 2 is 2.18 bits per heavy atom. The fourth-order valence-electron chi connectivity index (χ4n) is 1.68. The van der Waals surface area contributed by atoms with Crippen LogP contribution in [-0.4, -0.2) is 19.3 Å². The molecule has 2 heterocycles. The maximum Gasteiger partial charge on any atom is 0.157 e. The van der Waals surface area contributed by atoms with Crippen molar-refractivity contribution in [1.29, 1.82) is 0 Å². The first-order valence-electron chi connectivity index (χ1n) is 5.97.